The minimum absolute atomic E-state index is 0.144. The van der Waals surface area contributed by atoms with Crippen molar-refractivity contribution in [3.8, 4) is 0 Å². The van der Waals surface area contributed by atoms with Crippen LogP contribution in [0.25, 0.3) is 0 Å². The van der Waals surface area contributed by atoms with E-state index in [2.05, 4.69) is 10.4 Å². The van der Waals surface area contributed by atoms with Gasteiger partial charge in [-0.05, 0) is 31.0 Å². The highest BCUT2D eigenvalue weighted by molar-refractivity contribution is 5.97. The van der Waals surface area contributed by atoms with Crippen molar-refractivity contribution in [1.29, 1.82) is 0 Å². The van der Waals surface area contributed by atoms with E-state index >= 15 is 0 Å². The van der Waals surface area contributed by atoms with Gasteiger partial charge in [-0.15, -0.1) is 0 Å². The van der Waals surface area contributed by atoms with Crippen molar-refractivity contribution in [2.75, 3.05) is 0 Å². The third kappa shape index (κ3) is 2.77. The maximum absolute atomic E-state index is 13.9. The Labute approximate surface area is 142 Å². The van der Waals surface area contributed by atoms with Crippen molar-refractivity contribution >= 4 is 11.8 Å². The van der Waals surface area contributed by atoms with E-state index in [1.807, 2.05) is 0 Å². The third-order valence-electron chi connectivity index (χ3n) is 4.54. The number of nitrogens with one attached hydrogen (secondary N) is 1. The number of aromatic nitrogens is 2. The molecule has 130 valence electrons. The summed E-state index contributed by atoms with van der Waals surface area (Å²) in [4.78, 5) is 26.3. The number of carbonyl (C=O) groups excluding carboxylic acids is 2. The van der Waals surface area contributed by atoms with E-state index in [-0.39, 0.29) is 30.6 Å². The molecule has 2 aromatic rings. The first-order valence-electron chi connectivity index (χ1n) is 8.04. The lowest BCUT2D eigenvalue weighted by Gasteiger charge is -2.16. The number of hydrogen-bond acceptors (Lipinski definition) is 3. The molecule has 1 fully saturated rings. The van der Waals surface area contributed by atoms with E-state index in [9.17, 15) is 18.4 Å². The summed E-state index contributed by atoms with van der Waals surface area (Å²) in [6.45, 7) is 0.343. The number of amides is 2. The molecule has 0 unspecified atom stereocenters. The molecule has 0 spiro atoms. The molecule has 8 heteroatoms. The van der Waals surface area contributed by atoms with Crippen LogP contribution in [0.1, 0.15) is 44.9 Å². The summed E-state index contributed by atoms with van der Waals surface area (Å²) in [5.74, 6) is -2.31. The maximum atomic E-state index is 13.9. The first kappa shape index (κ1) is 15.7. The molecule has 1 N–H and O–H groups in total. The third-order valence-corrected chi connectivity index (χ3v) is 4.54. The molecule has 1 aliphatic carbocycles. The zero-order valence-electron chi connectivity index (χ0n) is 13.6. The number of aryl methyl sites for hydroxylation is 1. The van der Waals surface area contributed by atoms with Gasteiger partial charge in [-0.25, -0.2) is 8.78 Å². The summed E-state index contributed by atoms with van der Waals surface area (Å²) in [6, 6.07) is 2.99. The number of carbonyl (C=O) groups is 2. The molecule has 0 atom stereocenters. The van der Waals surface area contributed by atoms with E-state index in [0.717, 1.165) is 36.7 Å². The minimum Gasteiger partial charge on any atom is -0.348 e. The second-order valence-corrected chi connectivity index (χ2v) is 6.43. The standard InChI is InChI=1S/C17H16F2N4O2/c1-22-14-8-23(17(25)11-6-9(18)2-5-13(11)19)7-12(14)15(21-22)16(24)20-10-3-4-10/h2,5-6,10H,3-4,7-8H2,1H3,(H,20,24). The van der Waals surface area contributed by atoms with Gasteiger partial charge in [-0.1, -0.05) is 0 Å². The Balaban J connectivity index is 1.59. The van der Waals surface area contributed by atoms with E-state index in [1.54, 1.807) is 11.7 Å². The predicted molar refractivity (Wildman–Crippen MR) is 83.6 cm³/mol. The normalized spacial score (nSPS) is 16.0. The van der Waals surface area contributed by atoms with Crippen molar-refractivity contribution in [2.24, 2.45) is 7.05 Å². The predicted octanol–water partition coefficient (Wildman–Crippen LogP) is 1.75. The highest BCUT2D eigenvalue weighted by atomic mass is 19.1. The van der Waals surface area contributed by atoms with E-state index < -0.39 is 17.5 Å². The molecule has 1 aromatic heterocycles. The molecule has 25 heavy (non-hydrogen) atoms. The summed E-state index contributed by atoms with van der Waals surface area (Å²) in [5, 5.41) is 7.12. The first-order valence-corrected chi connectivity index (χ1v) is 8.04. The number of hydrogen-bond donors (Lipinski definition) is 1. The Hall–Kier alpha value is -2.77. The number of benzene rings is 1. The highest BCUT2D eigenvalue weighted by Crippen LogP contribution is 2.28. The summed E-state index contributed by atoms with van der Waals surface area (Å²) in [7, 11) is 1.70. The van der Waals surface area contributed by atoms with Crippen LogP contribution in [0.5, 0.6) is 0 Å². The summed E-state index contributed by atoms with van der Waals surface area (Å²) < 4.78 is 28.8. The van der Waals surface area contributed by atoms with Gasteiger partial charge in [-0.3, -0.25) is 14.3 Å². The van der Waals surface area contributed by atoms with Gasteiger partial charge in [0.1, 0.15) is 11.6 Å². The van der Waals surface area contributed by atoms with Gasteiger partial charge in [0.2, 0.25) is 0 Å². The molecule has 0 saturated heterocycles. The van der Waals surface area contributed by atoms with Gasteiger partial charge in [-0.2, -0.15) is 5.10 Å². The zero-order chi connectivity index (χ0) is 17.7. The monoisotopic (exact) mass is 346 g/mol. The fourth-order valence-electron chi connectivity index (χ4n) is 3.03. The molecule has 2 amide bonds. The number of fused-ring (bicyclic) bond motifs is 1. The summed E-state index contributed by atoms with van der Waals surface area (Å²) in [5.41, 5.74) is 1.36. The van der Waals surface area contributed by atoms with Crippen molar-refractivity contribution in [3.63, 3.8) is 0 Å². The number of halogens is 2. The van der Waals surface area contributed by atoms with Crippen LogP contribution in [0.15, 0.2) is 18.2 Å². The van der Waals surface area contributed by atoms with Crippen molar-refractivity contribution in [3.05, 3.63) is 52.3 Å². The topological polar surface area (TPSA) is 67.2 Å². The van der Waals surface area contributed by atoms with Gasteiger partial charge in [0, 0.05) is 18.7 Å². The smallest absolute Gasteiger partial charge is 0.272 e. The molecule has 1 saturated carbocycles. The molecular weight excluding hydrogens is 330 g/mol. The fourth-order valence-corrected chi connectivity index (χ4v) is 3.03. The van der Waals surface area contributed by atoms with Gasteiger partial charge < -0.3 is 10.2 Å². The Morgan fingerprint density at radius 1 is 1.24 bits per heavy atom. The van der Waals surface area contributed by atoms with Gasteiger partial charge in [0.05, 0.1) is 24.3 Å². The van der Waals surface area contributed by atoms with Crippen LogP contribution in [0.3, 0.4) is 0 Å². The van der Waals surface area contributed by atoms with E-state index in [1.165, 1.54) is 4.90 Å². The van der Waals surface area contributed by atoms with Gasteiger partial charge in [0.15, 0.2) is 5.69 Å². The Kier molecular flexibility index (Phi) is 3.55. The fraction of sp³-hybridized carbons (Fsp3) is 0.353. The van der Waals surface area contributed by atoms with E-state index in [0.29, 0.717) is 11.3 Å². The number of nitrogens with zero attached hydrogens (tertiary/aromatic N) is 3. The van der Waals surface area contributed by atoms with Crippen molar-refractivity contribution < 1.29 is 18.4 Å². The molecule has 0 bridgehead atoms. The lowest BCUT2D eigenvalue weighted by atomic mass is 10.1. The molecule has 1 aliphatic heterocycles. The van der Waals surface area contributed by atoms with Gasteiger partial charge >= 0.3 is 0 Å². The Morgan fingerprint density at radius 3 is 2.72 bits per heavy atom. The summed E-state index contributed by atoms with van der Waals surface area (Å²) in [6.07, 6.45) is 1.93. The molecule has 2 heterocycles. The SMILES string of the molecule is Cn1nc(C(=O)NC2CC2)c2c1CN(C(=O)c1cc(F)ccc1F)C2. The minimum atomic E-state index is -0.771. The van der Waals surface area contributed by atoms with Gasteiger partial charge in [0.25, 0.3) is 11.8 Å². The van der Waals surface area contributed by atoms with Crippen molar-refractivity contribution in [1.82, 2.24) is 20.0 Å². The Bertz CT molecular complexity index is 889. The largest absolute Gasteiger partial charge is 0.348 e. The van der Waals surface area contributed by atoms with Crippen LogP contribution in [0.4, 0.5) is 8.78 Å². The number of rotatable bonds is 3. The van der Waals surface area contributed by atoms with E-state index in [4.69, 9.17) is 0 Å². The lowest BCUT2D eigenvalue weighted by molar-refractivity contribution is 0.0740. The van der Waals surface area contributed by atoms with Crippen molar-refractivity contribution in [2.45, 2.75) is 32.0 Å². The molecule has 4 rings (SSSR count). The molecule has 0 radical (unpaired) electrons. The Morgan fingerprint density at radius 2 is 2.00 bits per heavy atom. The average molecular weight is 346 g/mol. The molecular formula is C17H16F2N4O2. The summed E-state index contributed by atoms with van der Waals surface area (Å²) >= 11 is 0. The highest BCUT2D eigenvalue weighted by Gasteiger charge is 2.34. The first-order chi connectivity index (χ1) is 11.9. The second kappa shape index (κ2) is 5.65. The van der Waals surface area contributed by atoms with Crippen LogP contribution in [0, 0.1) is 11.6 Å². The van der Waals surface area contributed by atoms with Crippen LogP contribution in [-0.4, -0.2) is 32.5 Å². The second-order valence-electron chi connectivity index (χ2n) is 6.43. The molecule has 1 aromatic carbocycles. The van der Waals surface area contributed by atoms with Crippen LogP contribution < -0.4 is 5.32 Å². The van der Waals surface area contributed by atoms with Crippen LogP contribution >= 0.6 is 0 Å². The zero-order valence-corrected chi connectivity index (χ0v) is 13.6. The average Bonchev–Trinajstić information content (AvgIpc) is 3.18. The quantitative estimate of drug-likeness (QED) is 0.921. The maximum Gasteiger partial charge on any atom is 0.272 e. The molecule has 6 nitrogen and oxygen atoms in total. The van der Waals surface area contributed by atoms with Crippen LogP contribution in [0.2, 0.25) is 0 Å². The van der Waals surface area contributed by atoms with Crippen LogP contribution in [-0.2, 0) is 20.1 Å². The lowest BCUT2D eigenvalue weighted by Crippen LogP contribution is -2.29. The molecule has 2 aliphatic rings.